The van der Waals surface area contributed by atoms with E-state index in [0.717, 1.165) is 28.9 Å². The van der Waals surface area contributed by atoms with Crippen LogP contribution in [0.5, 0.6) is 0 Å². The van der Waals surface area contributed by atoms with E-state index in [1.165, 1.54) is 5.56 Å². The van der Waals surface area contributed by atoms with Crippen molar-refractivity contribution in [2.45, 2.75) is 26.4 Å². The third-order valence-electron chi connectivity index (χ3n) is 4.81. The minimum absolute atomic E-state index is 0.0407. The Bertz CT molecular complexity index is 1020. The van der Waals surface area contributed by atoms with Crippen molar-refractivity contribution in [3.63, 3.8) is 0 Å². The fourth-order valence-corrected chi connectivity index (χ4v) is 4.01. The van der Waals surface area contributed by atoms with Gasteiger partial charge in [0.1, 0.15) is 5.82 Å². The summed E-state index contributed by atoms with van der Waals surface area (Å²) in [7, 11) is 0. The quantitative estimate of drug-likeness (QED) is 0.699. The molecule has 0 unspecified atom stereocenters. The van der Waals surface area contributed by atoms with Crippen molar-refractivity contribution in [3.8, 4) is 11.4 Å². The maximum atomic E-state index is 12.5. The second-order valence-electron chi connectivity index (χ2n) is 6.94. The van der Waals surface area contributed by atoms with Crippen LogP contribution in [0.3, 0.4) is 0 Å². The van der Waals surface area contributed by atoms with Gasteiger partial charge >= 0.3 is 0 Å². The number of rotatable bonds is 3. The number of aryl methyl sites for hydroxylation is 1. The van der Waals surface area contributed by atoms with E-state index in [1.807, 2.05) is 43.3 Å². The van der Waals surface area contributed by atoms with Crippen molar-refractivity contribution in [1.29, 1.82) is 0 Å². The number of fused-ring (bicyclic) bond motifs is 1. The lowest BCUT2D eigenvalue weighted by molar-refractivity contribution is 0.240. The molecule has 0 saturated carbocycles. The summed E-state index contributed by atoms with van der Waals surface area (Å²) in [5, 5.41) is 1.26. The number of H-pyrrole nitrogens is 1. The van der Waals surface area contributed by atoms with E-state index < -0.39 is 0 Å². The standard InChI is InChI=1S/C21H19Cl2N3O/c1-13-2-4-15(5-3-13)20-24-19-12-26(7-6-18(19)21(27)25-20)11-14-8-16(22)10-17(23)9-14/h2-5,8-10H,6-7,11-12H2,1H3,(H,24,25,27). The summed E-state index contributed by atoms with van der Waals surface area (Å²) >= 11 is 12.2. The fourth-order valence-electron chi connectivity index (χ4n) is 3.44. The van der Waals surface area contributed by atoms with Crippen molar-refractivity contribution < 1.29 is 0 Å². The van der Waals surface area contributed by atoms with Crippen LogP contribution in [-0.2, 0) is 19.5 Å². The van der Waals surface area contributed by atoms with Crippen LogP contribution in [0.15, 0.2) is 47.3 Å². The van der Waals surface area contributed by atoms with Gasteiger partial charge in [0.25, 0.3) is 5.56 Å². The maximum absolute atomic E-state index is 12.5. The molecule has 0 saturated heterocycles. The first kappa shape index (κ1) is 18.2. The van der Waals surface area contributed by atoms with Gasteiger partial charge in [0.05, 0.1) is 5.69 Å². The summed E-state index contributed by atoms with van der Waals surface area (Å²) in [6.45, 7) is 4.18. The van der Waals surface area contributed by atoms with Gasteiger partial charge in [0, 0.05) is 40.8 Å². The predicted molar refractivity (Wildman–Crippen MR) is 109 cm³/mol. The number of benzene rings is 2. The third-order valence-corrected chi connectivity index (χ3v) is 5.24. The van der Waals surface area contributed by atoms with Gasteiger partial charge in [0.15, 0.2) is 0 Å². The summed E-state index contributed by atoms with van der Waals surface area (Å²) in [5.41, 5.74) is 4.73. The first-order valence-corrected chi connectivity index (χ1v) is 9.60. The van der Waals surface area contributed by atoms with Crippen molar-refractivity contribution in [2.24, 2.45) is 0 Å². The van der Waals surface area contributed by atoms with Gasteiger partial charge in [-0.05, 0) is 37.1 Å². The lowest BCUT2D eigenvalue weighted by Gasteiger charge is -2.27. The molecule has 1 aromatic heterocycles. The maximum Gasteiger partial charge on any atom is 0.254 e. The van der Waals surface area contributed by atoms with Gasteiger partial charge in [-0.1, -0.05) is 53.0 Å². The molecule has 0 bridgehead atoms. The predicted octanol–water partition coefficient (Wildman–Crippen LogP) is 4.61. The highest BCUT2D eigenvalue weighted by Crippen LogP contribution is 2.23. The number of aromatic nitrogens is 2. The molecule has 6 heteroatoms. The summed E-state index contributed by atoms with van der Waals surface area (Å²) in [5.74, 6) is 0.617. The van der Waals surface area contributed by atoms with Gasteiger partial charge in [-0.2, -0.15) is 0 Å². The molecule has 4 rings (SSSR count). The molecule has 3 aromatic rings. The molecule has 1 aliphatic rings. The molecule has 4 nitrogen and oxygen atoms in total. The Hall–Kier alpha value is -2.14. The highest BCUT2D eigenvalue weighted by molar-refractivity contribution is 6.34. The molecule has 0 fully saturated rings. The zero-order valence-electron chi connectivity index (χ0n) is 14.9. The first-order valence-electron chi connectivity index (χ1n) is 8.84. The summed E-state index contributed by atoms with van der Waals surface area (Å²) in [6, 6.07) is 13.6. The van der Waals surface area contributed by atoms with Crippen molar-refractivity contribution in [1.82, 2.24) is 14.9 Å². The lowest BCUT2D eigenvalue weighted by atomic mass is 10.0. The van der Waals surface area contributed by atoms with Crippen LogP contribution in [0.2, 0.25) is 10.0 Å². The zero-order valence-corrected chi connectivity index (χ0v) is 16.4. The van der Waals surface area contributed by atoms with Crippen LogP contribution in [-0.4, -0.2) is 21.4 Å². The van der Waals surface area contributed by atoms with E-state index in [4.69, 9.17) is 28.2 Å². The van der Waals surface area contributed by atoms with Gasteiger partial charge in [-0.3, -0.25) is 9.69 Å². The van der Waals surface area contributed by atoms with Crippen molar-refractivity contribution >= 4 is 23.2 Å². The lowest BCUT2D eigenvalue weighted by Crippen LogP contribution is -2.35. The average molecular weight is 400 g/mol. The molecule has 138 valence electrons. The van der Waals surface area contributed by atoms with Crippen LogP contribution >= 0.6 is 23.2 Å². The number of halogens is 2. The number of nitrogens with one attached hydrogen (secondary N) is 1. The van der Waals surface area contributed by atoms with Gasteiger partial charge in [0.2, 0.25) is 0 Å². The number of hydrogen-bond donors (Lipinski definition) is 1. The second-order valence-corrected chi connectivity index (χ2v) is 7.82. The van der Waals surface area contributed by atoms with E-state index in [2.05, 4.69) is 9.88 Å². The van der Waals surface area contributed by atoms with E-state index in [-0.39, 0.29) is 5.56 Å². The molecule has 1 aliphatic heterocycles. The minimum Gasteiger partial charge on any atom is -0.306 e. The molecule has 0 aliphatic carbocycles. The third kappa shape index (κ3) is 4.08. The van der Waals surface area contributed by atoms with Crippen LogP contribution in [0.1, 0.15) is 22.4 Å². The Morgan fingerprint density at radius 3 is 2.52 bits per heavy atom. The topological polar surface area (TPSA) is 49.0 Å². The molecule has 0 atom stereocenters. The normalized spacial score (nSPS) is 14.2. The largest absolute Gasteiger partial charge is 0.306 e. The van der Waals surface area contributed by atoms with Crippen LogP contribution in [0.4, 0.5) is 0 Å². The van der Waals surface area contributed by atoms with Gasteiger partial charge < -0.3 is 4.98 Å². The SMILES string of the molecule is Cc1ccc(-c2nc3c(c(=O)[nH]2)CCN(Cc2cc(Cl)cc(Cl)c2)C3)cc1. The Labute approximate surface area is 167 Å². The Morgan fingerprint density at radius 2 is 1.81 bits per heavy atom. The Morgan fingerprint density at radius 1 is 1.11 bits per heavy atom. The first-order chi connectivity index (χ1) is 13.0. The van der Waals surface area contributed by atoms with Crippen LogP contribution in [0, 0.1) is 6.92 Å². The molecular weight excluding hydrogens is 381 g/mol. The summed E-state index contributed by atoms with van der Waals surface area (Å²) < 4.78 is 0. The molecule has 0 amide bonds. The van der Waals surface area contributed by atoms with Gasteiger partial charge in [-0.25, -0.2) is 4.98 Å². The monoisotopic (exact) mass is 399 g/mol. The second kappa shape index (κ2) is 7.47. The van der Waals surface area contributed by atoms with E-state index >= 15 is 0 Å². The zero-order chi connectivity index (χ0) is 19.0. The van der Waals surface area contributed by atoms with E-state index in [9.17, 15) is 4.79 Å². The minimum atomic E-state index is -0.0407. The van der Waals surface area contributed by atoms with E-state index in [0.29, 0.717) is 35.4 Å². The van der Waals surface area contributed by atoms with Crippen molar-refractivity contribution in [2.75, 3.05) is 6.54 Å². The van der Waals surface area contributed by atoms with Crippen LogP contribution < -0.4 is 5.56 Å². The molecule has 2 heterocycles. The van der Waals surface area contributed by atoms with Gasteiger partial charge in [-0.15, -0.1) is 0 Å². The van der Waals surface area contributed by atoms with Crippen LogP contribution in [0.25, 0.3) is 11.4 Å². The summed E-state index contributed by atoms with van der Waals surface area (Å²) in [4.78, 5) is 22.5. The summed E-state index contributed by atoms with van der Waals surface area (Å²) in [6.07, 6.45) is 0.681. The number of nitrogens with zero attached hydrogens (tertiary/aromatic N) is 2. The molecule has 27 heavy (non-hydrogen) atoms. The Kier molecular flexibility index (Phi) is 5.04. The molecule has 0 spiro atoms. The molecular formula is C21H19Cl2N3O. The van der Waals surface area contributed by atoms with Crippen molar-refractivity contribution in [3.05, 3.63) is 85.2 Å². The molecule has 2 aromatic carbocycles. The fraction of sp³-hybridized carbons (Fsp3) is 0.238. The number of aromatic amines is 1. The molecule has 1 N–H and O–H groups in total. The highest BCUT2D eigenvalue weighted by atomic mass is 35.5. The highest BCUT2D eigenvalue weighted by Gasteiger charge is 2.21. The average Bonchev–Trinajstić information content (AvgIpc) is 2.61. The van der Waals surface area contributed by atoms with E-state index in [1.54, 1.807) is 6.07 Å². The smallest absolute Gasteiger partial charge is 0.254 e. The Balaban J connectivity index is 1.61. The molecule has 0 radical (unpaired) electrons. The number of hydrogen-bond acceptors (Lipinski definition) is 3.